The lowest BCUT2D eigenvalue weighted by Gasteiger charge is -2.12. The predicted octanol–water partition coefficient (Wildman–Crippen LogP) is 1.41. The lowest BCUT2D eigenvalue weighted by atomic mass is 10.2. The standard InChI is InChI=1S/C9H13BrN4O/c10-7-5-12-8(11)9(14-7)13-4-6-2-1-3-15-6/h5-6H,1-4H2,(H2,11,12)(H,13,14). The summed E-state index contributed by atoms with van der Waals surface area (Å²) in [7, 11) is 0. The number of hydrogen-bond acceptors (Lipinski definition) is 5. The van der Waals surface area contributed by atoms with Gasteiger partial charge in [-0.2, -0.15) is 0 Å². The molecule has 1 unspecified atom stereocenters. The van der Waals surface area contributed by atoms with Crippen LogP contribution in [0.1, 0.15) is 12.8 Å². The van der Waals surface area contributed by atoms with Crippen LogP contribution in [0.5, 0.6) is 0 Å². The highest BCUT2D eigenvalue weighted by atomic mass is 79.9. The number of nitrogens with two attached hydrogens (primary N) is 1. The number of nitrogens with zero attached hydrogens (tertiary/aromatic N) is 2. The Balaban J connectivity index is 1.94. The van der Waals surface area contributed by atoms with E-state index < -0.39 is 0 Å². The van der Waals surface area contributed by atoms with Crippen LogP contribution in [0.15, 0.2) is 10.8 Å². The van der Waals surface area contributed by atoms with Crippen LogP contribution in [0.3, 0.4) is 0 Å². The molecule has 3 N–H and O–H groups in total. The number of nitrogen functional groups attached to an aromatic ring is 1. The normalized spacial score (nSPS) is 20.5. The van der Waals surface area contributed by atoms with Crippen molar-refractivity contribution in [3.8, 4) is 0 Å². The Morgan fingerprint density at radius 3 is 3.27 bits per heavy atom. The molecular weight excluding hydrogens is 260 g/mol. The molecule has 1 saturated heterocycles. The van der Waals surface area contributed by atoms with Gasteiger partial charge in [0, 0.05) is 13.2 Å². The lowest BCUT2D eigenvalue weighted by molar-refractivity contribution is 0.120. The van der Waals surface area contributed by atoms with E-state index in [1.807, 2.05) is 0 Å². The van der Waals surface area contributed by atoms with Gasteiger partial charge in [-0.25, -0.2) is 9.97 Å². The van der Waals surface area contributed by atoms with Crippen LogP contribution in [0.25, 0.3) is 0 Å². The molecule has 0 spiro atoms. The minimum Gasteiger partial charge on any atom is -0.381 e. The summed E-state index contributed by atoms with van der Waals surface area (Å²) in [6.07, 6.45) is 4.07. The molecule has 1 aromatic heterocycles. The molecule has 6 heteroatoms. The van der Waals surface area contributed by atoms with Crippen molar-refractivity contribution in [2.45, 2.75) is 18.9 Å². The molecule has 1 aliphatic rings. The first-order valence-corrected chi connectivity index (χ1v) is 5.68. The molecule has 82 valence electrons. The number of nitrogens with one attached hydrogen (secondary N) is 1. The average molecular weight is 273 g/mol. The maximum atomic E-state index is 5.68. The summed E-state index contributed by atoms with van der Waals surface area (Å²) in [6, 6.07) is 0. The summed E-state index contributed by atoms with van der Waals surface area (Å²) in [5, 5.41) is 3.14. The van der Waals surface area contributed by atoms with Crippen molar-refractivity contribution in [1.82, 2.24) is 9.97 Å². The molecule has 5 nitrogen and oxygen atoms in total. The summed E-state index contributed by atoms with van der Waals surface area (Å²) in [5.74, 6) is 1.02. The number of anilines is 2. The van der Waals surface area contributed by atoms with Crippen LogP contribution in [0, 0.1) is 0 Å². The van der Waals surface area contributed by atoms with Crippen LogP contribution in [-0.4, -0.2) is 29.2 Å². The van der Waals surface area contributed by atoms with Crippen LogP contribution in [-0.2, 0) is 4.74 Å². The van der Waals surface area contributed by atoms with Crippen molar-refractivity contribution in [2.24, 2.45) is 0 Å². The fraction of sp³-hybridized carbons (Fsp3) is 0.556. The van der Waals surface area contributed by atoms with Gasteiger partial charge in [-0.3, -0.25) is 0 Å². The van der Waals surface area contributed by atoms with Gasteiger partial charge in [0.15, 0.2) is 11.6 Å². The Hall–Kier alpha value is -0.880. The van der Waals surface area contributed by atoms with Gasteiger partial charge >= 0.3 is 0 Å². The highest BCUT2D eigenvalue weighted by Crippen LogP contribution is 2.17. The molecule has 1 atom stereocenters. The quantitative estimate of drug-likeness (QED) is 0.871. The molecule has 0 bridgehead atoms. The van der Waals surface area contributed by atoms with E-state index in [9.17, 15) is 0 Å². The van der Waals surface area contributed by atoms with Gasteiger partial charge in [-0.1, -0.05) is 0 Å². The molecule has 2 heterocycles. The highest BCUT2D eigenvalue weighted by Gasteiger charge is 2.15. The van der Waals surface area contributed by atoms with E-state index in [0.717, 1.165) is 26.0 Å². The monoisotopic (exact) mass is 272 g/mol. The molecular formula is C9H13BrN4O. The van der Waals surface area contributed by atoms with Crippen molar-refractivity contribution < 1.29 is 4.74 Å². The van der Waals surface area contributed by atoms with Gasteiger partial charge in [-0.05, 0) is 28.8 Å². The van der Waals surface area contributed by atoms with Crippen LogP contribution >= 0.6 is 15.9 Å². The van der Waals surface area contributed by atoms with Gasteiger partial charge < -0.3 is 15.8 Å². The molecule has 15 heavy (non-hydrogen) atoms. The second-order valence-corrected chi connectivity index (χ2v) is 4.25. The smallest absolute Gasteiger partial charge is 0.170 e. The third-order valence-corrected chi connectivity index (χ3v) is 2.67. The van der Waals surface area contributed by atoms with E-state index in [1.165, 1.54) is 0 Å². The van der Waals surface area contributed by atoms with Crippen molar-refractivity contribution in [3.05, 3.63) is 10.8 Å². The number of rotatable bonds is 3. The summed E-state index contributed by atoms with van der Waals surface area (Å²) < 4.78 is 6.15. The zero-order valence-electron chi connectivity index (χ0n) is 8.24. The van der Waals surface area contributed by atoms with Gasteiger partial charge in [-0.15, -0.1) is 0 Å². The van der Waals surface area contributed by atoms with Gasteiger partial charge in [0.2, 0.25) is 0 Å². The van der Waals surface area contributed by atoms with Crippen molar-refractivity contribution in [3.63, 3.8) is 0 Å². The summed E-state index contributed by atoms with van der Waals surface area (Å²) in [4.78, 5) is 8.19. The SMILES string of the molecule is Nc1ncc(Br)nc1NCC1CCCO1. The lowest BCUT2D eigenvalue weighted by Crippen LogP contribution is -2.19. The molecule has 1 aliphatic heterocycles. The van der Waals surface area contributed by atoms with Crippen molar-refractivity contribution in [1.29, 1.82) is 0 Å². The molecule has 0 saturated carbocycles. The Morgan fingerprint density at radius 1 is 1.67 bits per heavy atom. The molecule has 0 aliphatic carbocycles. The van der Waals surface area contributed by atoms with Crippen LogP contribution in [0.2, 0.25) is 0 Å². The second kappa shape index (κ2) is 4.76. The highest BCUT2D eigenvalue weighted by molar-refractivity contribution is 9.10. The van der Waals surface area contributed by atoms with Gasteiger partial charge in [0.1, 0.15) is 4.60 Å². The van der Waals surface area contributed by atoms with Gasteiger partial charge in [0.05, 0.1) is 12.3 Å². The Bertz CT molecular complexity index is 341. The number of halogens is 1. The Labute approximate surface area is 96.6 Å². The van der Waals surface area contributed by atoms with E-state index >= 15 is 0 Å². The first-order valence-electron chi connectivity index (χ1n) is 4.89. The van der Waals surface area contributed by atoms with E-state index in [2.05, 4.69) is 31.2 Å². The summed E-state index contributed by atoms with van der Waals surface area (Å²) in [6.45, 7) is 1.58. The van der Waals surface area contributed by atoms with E-state index in [4.69, 9.17) is 10.5 Å². The fourth-order valence-corrected chi connectivity index (χ4v) is 1.80. The van der Waals surface area contributed by atoms with E-state index in [0.29, 0.717) is 16.2 Å². The second-order valence-electron chi connectivity index (χ2n) is 3.44. The minimum atomic E-state index is 0.269. The zero-order chi connectivity index (χ0) is 10.7. The third kappa shape index (κ3) is 2.79. The fourth-order valence-electron chi connectivity index (χ4n) is 1.52. The molecule has 0 aromatic carbocycles. The molecule has 0 amide bonds. The number of aromatic nitrogens is 2. The van der Waals surface area contributed by atoms with Crippen LogP contribution in [0.4, 0.5) is 11.6 Å². The summed E-state index contributed by atoms with van der Waals surface area (Å²) in [5.41, 5.74) is 5.68. The largest absolute Gasteiger partial charge is 0.381 e. The topological polar surface area (TPSA) is 73.1 Å². The zero-order valence-corrected chi connectivity index (χ0v) is 9.83. The molecule has 1 fully saturated rings. The average Bonchev–Trinajstić information content (AvgIpc) is 2.72. The van der Waals surface area contributed by atoms with Crippen LogP contribution < -0.4 is 11.1 Å². The summed E-state index contributed by atoms with van der Waals surface area (Å²) >= 11 is 3.25. The third-order valence-electron chi connectivity index (χ3n) is 2.29. The van der Waals surface area contributed by atoms with Crippen molar-refractivity contribution in [2.75, 3.05) is 24.2 Å². The van der Waals surface area contributed by atoms with Crippen molar-refractivity contribution >= 4 is 27.6 Å². The van der Waals surface area contributed by atoms with E-state index in [-0.39, 0.29) is 6.10 Å². The maximum Gasteiger partial charge on any atom is 0.170 e. The maximum absolute atomic E-state index is 5.68. The molecule has 2 rings (SSSR count). The predicted molar refractivity (Wildman–Crippen MR) is 61.6 cm³/mol. The first kappa shape index (κ1) is 10.6. The number of ether oxygens (including phenoxy) is 1. The Morgan fingerprint density at radius 2 is 2.53 bits per heavy atom. The number of hydrogen-bond donors (Lipinski definition) is 2. The molecule has 1 aromatic rings. The first-order chi connectivity index (χ1) is 7.25. The molecule has 0 radical (unpaired) electrons. The Kier molecular flexibility index (Phi) is 3.37. The van der Waals surface area contributed by atoms with Gasteiger partial charge in [0.25, 0.3) is 0 Å². The minimum absolute atomic E-state index is 0.269. The van der Waals surface area contributed by atoms with E-state index in [1.54, 1.807) is 6.20 Å².